The number of fused-ring (bicyclic) bond motifs is 3. The maximum absolute atomic E-state index is 12.7. The lowest BCUT2D eigenvalue weighted by molar-refractivity contribution is -0.484. The molecule has 0 bridgehead atoms. The van der Waals surface area contributed by atoms with Crippen LogP contribution in [0, 0.1) is 16.0 Å². The minimum Gasteiger partial charge on any atom is -0.283 e. The molecule has 21 heavy (non-hydrogen) atoms. The Labute approximate surface area is 122 Å². The van der Waals surface area contributed by atoms with E-state index in [1.54, 1.807) is 4.57 Å². The van der Waals surface area contributed by atoms with Crippen molar-refractivity contribution >= 4 is 16.8 Å². The number of rotatable bonds is 5. The summed E-state index contributed by atoms with van der Waals surface area (Å²) >= 11 is 0. The van der Waals surface area contributed by atoms with Gasteiger partial charge >= 0.3 is 0 Å². The summed E-state index contributed by atoms with van der Waals surface area (Å²) in [6.45, 7) is 1.90. The second-order valence-electron chi connectivity index (χ2n) is 5.67. The monoisotopic (exact) mass is 286 g/mol. The zero-order chi connectivity index (χ0) is 15.0. The fourth-order valence-electron chi connectivity index (χ4n) is 3.37. The van der Waals surface area contributed by atoms with E-state index in [-0.39, 0.29) is 29.2 Å². The third kappa shape index (κ3) is 2.22. The van der Waals surface area contributed by atoms with Gasteiger partial charge in [-0.05, 0) is 18.6 Å². The molecule has 0 spiro atoms. The van der Waals surface area contributed by atoms with Crippen LogP contribution in [0.4, 0.5) is 0 Å². The zero-order valence-corrected chi connectivity index (χ0v) is 12.0. The molecular formula is C16H18N2O3. The van der Waals surface area contributed by atoms with Gasteiger partial charge in [0, 0.05) is 16.0 Å². The van der Waals surface area contributed by atoms with Crippen LogP contribution in [0.1, 0.15) is 42.6 Å². The molecule has 0 unspecified atom stereocenters. The molecule has 5 nitrogen and oxygen atoms in total. The van der Waals surface area contributed by atoms with Crippen molar-refractivity contribution in [2.45, 2.75) is 32.1 Å². The lowest BCUT2D eigenvalue weighted by atomic mass is 9.88. The quantitative estimate of drug-likeness (QED) is 0.624. The van der Waals surface area contributed by atoms with Gasteiger partial charge < -0.3 is 0 Å². The molecule has 2 atom stereocenters. The number of nitrogens with zero attached hydrogens (tertiary/aromatic N) is 2. The Balaban J connectivity index is 2.07. The van der Waals surface area contributed by atoms with Crippen LogP contribution in [-0.4, -0.2) is 21.9 Å². The Bertz CT molecular complexity index is 705. The number of carbonyl (C=O) groups excluding carboxylic acids is 1. The van der Waals surface area contributed by atoms with Crippen LogP contribution in [0.15, 0.2) is 30.3 Å². The van der Waals surface area contributed by atoms with Gasteiger partial charge in [-0.1, -0.05) is 38.0 Å². The first-order valence-corrected chi connectivity index (χ1v) is 7.40. The summed E-state index contributed by atoms with van der Waals surface area (Å²) in [4.78, 5) is 23.4. The number of para-hydroxylation sites is 1. The van der Waals surface area contributed by atoms with Gasteiger partial charge in [-0.2, -0.15) is 0 Å². The third-order valence-corrected chi connectivity index (χ3v) is 4.36. The van der Waals surface area contributed by atoms with Gasteiger partial charge in [-0.25, -0.2) is 0 Å². The van der Waals surface area contributed by atoms with E-state index in [1.165, 1.54) is 0 Å². The van der Waals surface area contributed by atoms with E-state index >= 15 is 0 Å². The molecule has 0 N–H and O–H groups in total. The molecule has 0 fully saturated rings. The predicted molar refractivity (Wildman–Crippen MR) is 80.2 cm³/mol. The lowest BCUT2D eigenvalue weighted by Gasteiger charge is -2.13. The highest BCUT2D eigenvalue weighted by molar-refractivity contribution is 5.98. The Hall–Kier alpha value is -2.17. The molecule has 110 valence electrons. The van der Waals surface area contributed by atoms with Crippen LogP contribution in [0.25, 0.3) is 10.9 Å². The van der Waals surface area contributed by atoms with E-state index < -0.39 is 0 Å². The average Bonchev–Trinajstić information content (AvgIpc) is 2.94. The number of hydrogen-bond acceptors (Lipinski definition) is 3. The molecule has 5 heteroatoms. The van der Waals surface area contributed by atoms with Crippen LogP contribution in [-0.2, 0) is 0 Å². The van der Waals surface area contributed by atoms with Crippen molar-refractivity contribution in [3.63, 3.8) is 0 Å². The van der Waals surface area contributed by atoms with Crippen molar-refractivity contribution in [2.75, 3.05) is 6.54 Å². The van der Waals surface area contributed by atoms with E-state index in [0.717, 1.165) is 35.9 Å². The molecule has 1 aromatic heterocycles. The van der Waals surface area contributed by atoms with E-state index in [1.807, 2.05) is 30.3 Å². The molecule has 3 rings (SSSR count). The maximum atomic E-state index is 12.7. The number of nitro groups is 1. The summed E-state index contributed by atoms with van der Waals surface area (Å²) in [5.41, 5.74) is 1.67. The maximum Gasteiger partial charge on any atom is 0.235 e. The number of hydrogen-bond donors (Lipinski definition) is 0. The first-order chi connectivity index (χ1) is 10.1. The topological polar surface area (TPSA) is 65.1 Å². The van der Waals surface area contributed by atoms with Crippen molar-refractivity contribution in [1.82, 2.24) is 4.57 Å². The van der Waals surface area contributed by atoms with Crippen LogP contribution in [0.2, 0.25) is 0 Å². The van der Waals surface area contributed by atoms with Crippen molar-refractivity contribution < 1.29 is 9.72 Å². The molecule has 1 aliphatic rings. The van der Waals surface area contributed by atoms with E-state index in [2.05, 4.69) is 6.92 Å². The normalized spacial score (nSPS) is 20.9. The minimum absolute atomic E-state index is 0.0199. The largest absolute Gasteiger partial charge is 0.283 e. The van der Waals surface area contributed by atoms with Crippen LogP contribution in [0.5, 0.6) is 0 Å². The van der Waals surface area contributed by atoms with Gasteiger partial charge in [0.15, 0.2) is 0 Å². The van der Waals surface area contributed by atoms with Gasteiger partial charge in [0.05, 0.1) is 17.4 Å². The Morgan fingerprint density at radius 3 is 2.76 bits per heavy atom. The molecule has 1 aliphatic heterocycles. The fourth-order valence-corrected chi connectivity index (χ4v) is 3.37. The Kier molecular flexibility index (Phi) is 3.49. The molecule has 2 aromatic rings. The molecule has 0 saturated heterocycles. The van der Waals surface area contributed by atoms with E-state index in [4.69, 9.17) is 0 Å². The van der Waals surface area contributed by atoms with Gasteiger partial charge in [0.1, 0.15) is 0 Å². The average molecular weight is 286 g/mol. The SMILES string of the molecule is CCCC[C@H]1C(=O)n2c(cc3ccccc32)[C@@H]1C[N+](=O)[O-]. The summed E-state index contributed by atoms with van der Waals surface area (Å²) < 4.78 is 1.70. The summed E-state index contributed by atoms with van der Waals surface area (Å²) in [5, 5.41) is 12.0. The smallest absolute Gasteiger partial charge is 0.235 e. The highest BCUT2D eigenvalue weighted by Gasteiger charge is 2.43. The van der Waals surface area contributed by atoms with Crippen LogP contribution in [0.3, 0.4) is 0 Å². The summed E-state index contributed by atoms with van der Waals surface area (Å²) in [7, 11) is 0. The van der Waals surface area contributed by atoms with Crippen molar-refractivity contribution in [3.05, 3.63) is 46.1 Å². The third-order valence-electron chi connectivity index (χ3n) is 4.36. The molecule has 2 heterocycles. The van der Waals surface area contributed by atoms with Gasteiger partial charge in [-0.15, -0.1) is 0 Å². The van der Waals surface area contributed by atoms with E-state index in [9.17, 15) is 14.9 Å². The number of benzene rings is 1. The zero-order valence-electron chi connectivity index (χ0n) is 12.0. The first-order valence-electron chi connectivity index (χ1n) is 7.40. The van der Waals surface area contributed by atoms with Gasteiger partial charge in [0.2, 0.25) is 12.5 Å². The lowest BCUT2D eigenvalue weighted by Crippen LogP contribution is -2.21. The summed E-state index contributed by atoms with van der Waals surface area (Å²) in [6.07, 6.45) is 2.64. The van der Waals surface area contributed by atoms with Crippen molar-refractivity contribution in [3.8, 4) is 0 Å². The van der Waals surface area contributed by atoms with Crippen molar-refractivity contribution in [2.24, 2.45) is 5.92 Å². The standard InChI is InChI=1S/C16H18N2O3/c1-2-3-7-12-13(10-17(20)21)15-9-11-6-4-5-8-14(11)18(15)16(12)19/h4-6,8-9,12-13H,2-3,7,10H2,1H3/t12-,13-/m1/s1. The molecule has 0 radical (unpaired) electrons. The summed E-state index contributed by atoms with van der Waals surface area (Å²) in [5.74, 6) is -0.534. The number of unbranched alkanes of at least 4 members (excludes halogenated alkanes) is 1. The molecule has 1 aromatic carbocycles. The van der Waals surface area contributed by atoms with Crippen molar-refractivity contribution in [1.29, 1.82) is 0 Å². The second kappa shape index (κ2) is 5.31. The highest BCUT2D eigenvalue weighted by Crippen LogP contribution is 2.40. The van der Waals surface area contributed by atoms with Crippen LogP contribution >= 0.6 is 0 Å². The minimum atomic E-state index is -0.301. The second-order valence-corrected chi connectivity index (χ2v) is 5.67. The Morgan fingerprint density at radius 2 is 2.05 bits per heavy atom. The fraction of sp³-hybridized carbons (Fsp3) is 0.438. The van der Waals surface area contributed by atoms with Gasteiger partial charge in [-0.3, -0.25) is 19.5 Å². The first kappa shape index (κ1) is 13.8. The molecule has 0 saturated carbocycles. The Morgan fingerprint density at radius 1 is 1.29 bits per heavy atom. The van der Waals surface area contributed by atoms with E-state index in [0.29, 0.717) is 0 Å². The molecule has 0 amide bonds. The highest BCUT2D eigenvalue weighted by atomic mass is 16.6. The predicted octanol–water partition coefficient (Wildman–Crippen LogP) is 3.46. The summed E-state index contributed by atoms with van der Waals surface area (Å²) in [6, 6.07) is 9.60. The number of carbonyl (C=O) groups is 1. The molecule has 0 aliphatic carbocycles. The van der Waals surface area contributed by atoms with Crippen LogP contribution < -0.4 is 0 Å². The van der Waals surface area contributed by atoms with Gasteiger partial charge in [0.25, 0.3) is 0 Å². The molecular weight excluding hydrogens is 268 g/mol. The number of aromatic nitrogens is 1.